The van der Waals surface area contributed by atoms with Crippen LogP contribution >= 0.6 is 11.6 Å². The highest BCUT2D eigenvalue weighted by atomic mass is 35.5. The molecule has 0 saturated heterocycles. The van der Waals surface area contributed by atoms with Gasteiger partial charge in [-0.25, -0.2) is 17.9 Å². The summed E-state index contributed by atoms with van der Waals surface area (Å²) in [5.41, 5.74) is 0.820. The molecule has 0 saturated carbocycles. The lowest BCUT2D eigenvalue weighted by atomic mass is 10.3. The standard InChI is InChI=1S/C17H15ClN4O4S/c18-14-3-1-2-4-15(14)22-16(11-12(21-22)5-10-20-17(23)24)27(25,26)13-6-8-19-9-7-13/h1-4,6-9,11,20H,5,10H2,(H,23,24). The number of halogens is 1. The second kappa shape index (κ2) is 7.77. The number of sulfone groups is 1. The van der Waals surface area contributed by atoms with E-state index in [1.807, 2.05) is 0 Å². The van der Waals surface area contributed by atoms with E-state index in [0.717, 1.165) is 0 Å². The Balaban J connectivity index is 2.10. The van der Waals surface area contributed by atoms with E-state index in [9.17, 15) is 13.2 Å². The van der Waals surface area contributed by atoms with Gasteiger partial charge in [-0.3, -0.25) is 4.98 Å². The number of hydrogen-bond donors (Lipinski definition) is 2. The minimum atomic E-state index is -3.89. The molecule has 0 radical (unpaired) electrons. The molecule has 0 aliphatic heterocycles. The van der Waals surface area contributed by atoms with Gasteiger partial charge in [-0.1, -0.05) is 23.7 Å². The molecule has 10 heteroatoms. The van der Waals surface area contributed by atoms with Crippen molar-refractivity contribution in [2.24, 2.45) is 0 Å². The van der Waals surface area contributed by atoms with Crippen molar-refractivity contribution < 1.29 is 18.3 Å². The van der Waals surface area contributed by atoms with Gasteiger partial charge < -0.3 is 10.4 Å². The highest BCUT2D eigenvalue weighted by Gasteiger charge is 2.25. The number of carbonyl (C=O) groups is 1. The van der Waals surface area contributed by atoms with Crippen LogP contribution in [0.15, 0.2) is 64.8 Å². The molecule has 2 N–H and O–H groups in total. The lowest BCUT2D eigenvalue weighted by Crippen LogP contribution is -2.23. The van der Waals surface area contributed by atoms with Gasteiger partial charge in [0.1, 0.15) is 0 Å². The monoisotopic (exact) mass is 406 g/mol. The minimum absolute atomic E-state index is 0.0628. The average Bonchev–Trinajstić information content (AvgIpc) is 3.07. The molecule has 2 aromatic heterocycles. The molecule has 8 nitrogen and oxygen atoms in total. The third-order valence-electron chi connectivity index (χ3n) is 3.70. The van der Waals surface area contributed by atoms with Crippen molar-refractivity contribution in [3.05, 3.63) is 65.6 Å². The van der Waals surface area contributed by atoms with Crippen LogP contribution in [0, 0.1) is 0 Å². The molecule has 140 valence electrons. The summed E-state index contributed by atoms with van der Waals surface area (Å²) in [6.45, 7) is 0.101. The van der Waals surface area contributed by atoms with E-state index in [2.05, 4.69) is 15.4 Å². The molecule has 3 aromatic rings. The Hall–Kier alpha value is -2.91. The van der Waals surface area contributed by atoms with E-state index in [1.54, 1.807) is 24.3 Å². The normalized spacial score (nSPS) is 11.3. The topological polar surface area (TPSA) is 114 Å². The van der Waals surface area contributed by atoms with Crippen molar-refractivity contribution in [2.45, 2.75) is 16.3 Å². The molecule has 0 unspecified atom stereocenters. The van der Waals surface area contributed by atoms with Crippen LogP contribution in [0.3, 0.4) is 0 Å². The van der Waals surface area contributed by atoms with Gasteiger partial charge in [0.2, 0.25) is 9.84 Å². The van der Waals surface area contributed by atoms with Gasteiger partial charge in [0.25, 0.3) is 0 Å². The zero-order valence-corrected chi connectivity index (χ0v) is 15.5. The van der Waals surface area contributed by atoms with E-state index in [4.69, 9.17) is 16.7 Å². The summed E-state index contributed by atoms with van der Waals surface area (Å²) in [5, 5.41) is 15.5. The molecular formula is C17H15ClN4O4S. The van der Waals surface area contributed by atoms with E-state index < -0.39 is 15.9 Å². The quantitative estimate of drug-likeness (QED) is 0.650. The summed E-state index contributed by atoms with van der Waals surface area (Å²) in [6.07, 6.45) is 1.84. The van der Waals surface area contributed by atoms with Gasteiger partial charge in [0.15, 0.2) is 5.03 Å². The molecule has 0 fully saturated rings. The highest BCUT2D eigenvalue weighted by Crippen LogP contribution is 2.27. The minimum Gasteiger partial charge on any atom is -0.465 e. The van der Waals surface area contributed by atoms with Crippen molar-refractivity contribution in [3.63, 3.8) is 0 Å². The van der Waals surface area contributed by atoms with E-state index in [-0.39, 0.29) is 22.9 Å². The maximum Gasteiger partial charge on any atom is 0.404 e. The van der Waals surface area contributed by atoms with Crippen molar-refractivity contribution in [1.82, 2.24) is 20.1 Å². The third kappa shape index (κ3) is 4.09. The Morgan fingerprint density at radius 1 is 1.19 bits per heavy atom. The molecule has 0 aliphatic carbocycles. The first-order valence-electron chi connectivity index (χ1n) is 7.85. The molecular weight excluding hydrogens is 392 g/mol. The molecule has 0 aliphatic rings. The van der Waals surface area contributed by atoms with Crippen LogP contribution in [0.4, 0.5) is 4.79 Å². The number of nitrogens with one attached hydrogen (secondary N) is 1. The number of amides is 1. The Morgan fingerprint density at radius 2 is 1.89 bits per heavy atom. The van der Waals surface area contributed by atoms with E-state index in [0.29, 0.717) is 16.4 Å². The lowest BCUT2D eigenvalue weighted by molar-refractivity contribution is 0.194. The summed E-state index contributed by atoms with van der Waals surface area (Å²) in [4.78, 5) is 14.5. The van der Waals surface area contributed by atoms with Crippen LogP contribution in [0.1, 0.15) is 5.69 Å². The van der Waals surface area contributed by atoms with Crippen molar-refractivity contribution in [1.29, 1.82) is 0 Å². The molecule has 0 bridgehead atoms. The zero-order chi connectivity index (χ0) is 19.4. The van der Waals surface area contributed by atoms with Crippen LogP contribution in [0.25, 0.3) is 5.69 Å². The maximum atomic E-state index is 13.1. The summed E-state index contributed by atoms with van der Waals surface area (Å²) >= 11 is 6.23. The van der Waals surface area contributed by atoms with E-state index >= 15 is 0 Å². The van der Waals surface area contributed by atoms with Crippen molar-refractivity contribution in [3.8, 4) is 5.69 Å². The number of rotatable bonds is 6. The van der Waals surface area contributed by atoms with Gasteiger partial charge in [0.05, 0.1) is 21.3 Å². The SMILES string of the molecule is O=C(O)NCCc1cc(S(=O)(=O)c2ccncc2)n(-c2ccccc2Cl)n1. The molecule has 2 heterocycles. The molecule has 0 spiro atoms. The number of pyridine rings is 1. The predicted molar refractivity (Wildman–Crippen MR) is 98.0 cm³/mol. The number of carboxylic acid groups (broad SMARTS) is 1. The number of benzene rings is 1. The first kappa shape index (κ1) is 18.9. The Kier molecular flexibility index (Phi) is 5.43. The summed E-state index contributed by atoms with van der Waals surface area (Å²) in [7, 11) is -3.89. The van der Waals surface area contributed by atoms with Crippen LogP contribution < -0.4 is 5.32 Å². The van der Waals surface area contributed by atoms with Crippen LogP contribution in [0.5, 0.6) is 0 Å². The van der Waals surface area contributed by atoms with E-state index in [1.165, 1.54) is 35.3 Å². The fraction of sp³-hybridized carbons (Fsp3) is 0.118. The fourth-order valence-electron chi connectivity index (χ4n) is 2.46. The predicted octanol–water partition coefficient (Wildman–Crippen LogP) is 2.56. The maximum absolute atomic E-state index is 13.1. The molecule has 1 amide bonds. The second-order valence-corrected chi connectivity index (χ2v) is 7.81. The van der Waals surface area contributed by atoms with Gasteiger partial charge in [-0.15, -0.1) is 0 Å². The largest absolute Gasteiger partial charge is 0.465 e. The average molecular weight is 407 g/mol. The Morgan fingerprint density at radius 3 is 2.56 bits per heavy atom. The number of hydrogen-bond acceptors (Lipinski definition) is 5. The number of para-hydroxylation sites is 1. The fourth-order valence-corrected chi connectivity index (χ4v) is 4.05. The first-order valence-corrected chi connectivity index (χ1v) is 9.71. The zero-order valence-electron chi connectivity index (χ0n) is 13.9. The van der Waals surface area contributed by atoms with Crippen LogP contribution in [-0.4, -0.2) is 40.9 Å². The van der Waals surface area contributed by atoms with Gasteiger partial charge in [-0.05, 0) is 30.3 Å². The Labute approximate surface area is 160 Å². The van der Waals surface area contributed by atoms with Crippen LogP contribution in [0.2, 0.25) is 5.02 Å². The van der Waals surface area contributed by atoms with Gasteiger partial charge >= 0.3 is 6.09 Å². The summed E-state index contributed by atoms with van der Waals surface area (Å²) in [6, 6.07) is 10.9. The molecule has 3 rings (SSSR count). The molecule has 1 aromatic carbocycles. The van der Waals surface area contributed by atoms with Crippen molar-refractivity contribution in [2.75, 3.05) is 6.54 Å². The lowest BCUT2D eigenvalue weighted by Gasteiger charge is -2.09. The van der Waals surface area contributed by atoms with Crippen molar-refractivity contribution >= 4 is 27.5 Å². The smallest absolute Gasteiger partial charge is 0.404 e. The highest BCUT2D eigenvalue weighted by molar-refractivity contribution is 7.91. The van der Waals surface area contributed by atoms with Gasteiger partial charge in [-0.2, -0.15) is 5.10 Å². The second-order valence-electron chi connectivity index (χ2n) is 5.51. The summed E-state index contributed by atoms with van der Waals surface area (Å²) < 4.78 is 27.4. The third-order valence-corrected chi connectivity index (χ3v) is 5.75. The first-order chi connectivity index (χ1) is 12.9. The number of nitrogens with zero attached hydrogens (tertiary/aromatic N) is 3. The summed E-state index contributed by atoms with van der Waals surface area (Å²) in [5.74, 6) is 0. The van der Waals surface area contributed by atoms with Gasteiger partial charge in [0, 0.05) is 25.4 Å². The molecule has 0 atom stereocenters. The number of aromatic nitrogens is 3. The van der Waals surface area contributed by atoms with Crippen LogP contribution in [-0.2, 0) is 16.3 Å². The Bertz CT molecular complexity index is 1070. The molecule has 27 heavy (non-hydrogen) atoms.